The highest BCUT2D eigenvalue weighted by molar-refractivity contribution is 9.10. The fraction of sp³-hybridized carbons (Fsp3) is 0.500. The van der Waals surface area contributed by atoms with Crippen LogP contribution in [0.15, 0.2) is 22.7 Å². The lowest BCUT2D eigenvalue weighted by Crippen LogP contribution is -2.27. The van der Waals surface area contributed by atoms with Gasteiger partial charge < -0.3 is 10.1 Å². The van der Waals surface area contributed by atoms with Crippen LogP contribution in [0.5, 0.6) is 5.75 Å². The minimum atomic E-state index is 0.460. The monoisotopic (exact) mass is 269 g/mol. The van der Waals surface area contributed by atoms with Crippen molar-refractivity contribution in [1.82, 2.24) is 5.32 Å². The zero-order chi connectivity index (χ0) is 10.7. The SMILES string of the molecule is CCCNC1CCOc2cc(Br)ccc21. The molecule has 82 valence electrons. The molecule has 0 aromatic heterocycles. The zero-order valence-electron chi connectivity index (χ0n) is 8.92. The number of nitrogens with one attached hydrogen (secondary N) is 1. The van der Waals surface area contributed by atoms with Gasteiger partial charge in [0.1, 0.15) is 5.75 Å². The normalized spacial score (nSPS) is 19.5. The molecular formula is C12H16BrNO. The average Bonchev–Trinajstić information content (AvgIpc) is 2.25. The Hall–Kier alpha value is -0.540. The number of ether oxygens (including phenoxy) is 1. The van der Waals surface area contributed by atoms with Crippen molar-refractivity contribution in [1.29, 1.82) is 0 Å². The summed E-state index contributed by atoms with van der Waals surface area (Å²) in [6.45, 7) is 4.07. The van der Waals surface area contributed by atoms with Crippen molar-refractivity contribution in [3.63, 3.8) is 0 Å². The van der Waals surface area contributed by atoms with Crippen LogP contribution in [-0.2, 0) is 0 Å². The van der Waals surface area contributed by atoms with Crippen molar-refractivity contribution in [2.75, 3.05) is 13.2 Å². The third-order valence-electron chi connectivity index (χ3n) is 2.66. The van der Waals surface area contributed by atoms with Gasteiger partial charge in [0.25, 0.3) is 0 Å². The van der Waals surface area contributed by atoms with Crippen LogP contribution in [-0.4, -0.2) is 13.2 Å². The summed E-state index contributed by atoms with van der Waals surface area (Å²) < 4.78 is 6.73. The number of hydrogen-bond acceptors (Lipinski definition) is 2. The summed E-state index contributed by atoms with van der Waals surface area (Å²) >= 11 is 3.46. The Morgan fingerprint density at radius 1 is 1.53 bits per heavy atom. The molecule has 3 heteroatoms. The van der Waals surface area contributed by atoms with Crippen LogP contribution in [0.1, 0.15) is 31.4 Å². The number of halogens is 1. The van der Waals surface area contributed by atoms with Crippen LogP contribution in [0, 0.1) is 0 Å². The van der Waals surface area contributed by atoms with Crippen molar-refractivity contribution in [3.8, 4) is 5.75 Å². The summed E-state index contributed by atoms with van der Waals surface area (Å²) in [6, 6.07) is 6.73. The standard InChI is InChI=1S/C12H16BrNO/c1-2-6-14-11-5-7-15-12-8-9(13)3-4-10(11)12/h3-4,8,11,14H,2,5-7H2,1H3. The van der Waals surface area contributed by atoms with E-state index < -0.39 is 0 Å². The van der Waals surface area contributed by atoms with Gasteiger partial charge in [-0.2, -0.15) is 0 Å². The molecule has 0 bridgehead atoms. The molecule has 0 aliphatic carbocycles. The lowest BCUT2D eigenvalue weighted by molar-refractivity contribution is 0.253. The first-order chi connectivity index (χ1) is 7.31. The smallest absolute Gasteiger partial charge is 0.125 e. The molecule has 1 aliphatic heterocycles. The highest BCUT2D eigenvalue weighted by atomic mass is 79.9. The third kappa shape index (κ3) is 2.52. The van der Waals surface area contributed by atoms with Crippen LogP contribution in [0.2, 0.25) is 0 Å². The summed E-state index contributed by atoms with van der Waals surface area (Å²) in [5, 5.41) is 3.55. The van der Waals surface area contributed by atoms with E-state index >= 15 is 0 Å². The summed E-state index contributed by atoms with van der Waals surface area (Å²) in [5.41, 5.74) is 1.29. The Bertz CT molecular complexity index is 340. The molecule has 2 nitrogen and oxygen atoms in total. The molecule has 1 unspecified atom stereocenters. The highest BCUT2D eigenvalue weighted by Gasteiger charge is 2.20. The summed E-state index contributed by atoms with van der Waals surface area (Å²) in [7, 11) is 0. The molecule has 0 radical (unpaired) electrons. The van der Waals surface area contributed by atoms with Crippen LogP contribution in [0.3, 0.4) is 0 Å². The molecular weight excluding hydrogens is 254 g/mol. The fourth-order valence-electron chi connectivity index (χ4n) is 1.89. The first-order valence-corrected chi connectivity index (χ1v) is 6.26. The quantitative estimate of drug-likeness (QED) is 0.910. The van der Waals surface area contributed by atoms with Gasteiger partial charge in [-0.05, 0) is 25.1 Å². The van der Waals surface area contributed by atoms with Gasteiger partial charge in [0, 0.05) is 22.5 Å². The molecule has 2 rings (SSSR count). The predicted molar refractivity (Wildman–Crippen MR) is 65.3 cm³/mol. The molecule has 1 atom stereocenters. The molecule has 0 fully saturated rings. The van der Waals surface area contributed by atoms with Gasteiger partial charge in [-0.15, -0.1) is 0 Å². The summed E-state index contributed by atoms with van der Waals surface area (Å²) in [6.07, 6.45) is 2.23. The number of rotatable bonds is 3. The van der Waals surface area contributed by atoms with Crippen molar-refractivity contribution in [3.05, 3.63) is 28.2 Å². The van der Waals surface area contributed by atoms with Crippen LogP contribution >= 0.6 is 15.9 Å². The van der Waals surface area contributed by atoms with E-state index in [1.807, 2.05) is 0 Å². The van der Waals surface area contributed by atoms with Crippen molar-refractivity contribution in [2.45, 2.75) is 25.8 Å². The van der Waals surface area contributed by atoms with Crippen LogP contribution in [0.4, 0.5) is 0 Å². The number of fused-ring (bicyclic) bond motifs is 1. The van der Waals surface area contributed by atoms with E-state index in [1.165, 1.54) is 12.0 Å². The van der Waals surface area contributed by atoms with E-state index in [0.717, 1.165) is 29.8 Å². The molecule has 1 aromatic carbocycles. The van der Waals surface area contributed by atoms with Crippen LogP contribution in [0.25, 0.3) is 0 Å². The van der Waals surface area contributed by atoms with E-state index in [-0.39, 0.29) is 0 Å². The highest BCUT2D eigenvalue weighted by Crippen LogP contribution is 2.33. The van der Waals surface area contributed by atoms with E-state index in [0.29, 0.717) is 6.04 Å². The molecule has 0 spiro atoms. The third-order valence-corrected chi connectivity index (χ3v) is 3.15. The molecule has 0 saturated heterocycles. The maximum absolute atomic E-state index is 5.64. The van der Waals surface area contributed by atoms with Gasteiger partial charge in [-0.3, -0.25) is 0 Å². The average molecular weight is 270 g/mol. The largest absolute Gasteiger partial charge is 0.493 e. The van der Waals surface area contributed by atoms with Gasteiger partial charge >= 0.3 is 0 Å². The number of benzene rings is 1. The topological polar surface area (TPSA) is 21.3 Å². The summed E-state index contributed by atoms with van der Waals surface area (Å²) in [4.78, 5) is 0. The Morgan fingerprint density at radius 2 is 2.40 bits per heavy atom. The van der Waals surface area contributed by atoms with E-state index in [1.54, 1.807) is 0 Å². The second kappa shape index (κ2) is 4.99. The van der Waals surface area contributed by atoms with Gasteiger partial charge in [-0.25, -0.2) is 0 Å². The molecule has 0 saturated carbocycles. The van der Waals surface area contributed by atoms with Gasteiger partial charge in [0.05, 0.1) is 6.61 Å². The Balaban J connectivity index is 2.18. The maximum Gasteiger partial charge on any atom is 0.125 e. The second-order valence-electron chi connectivity index (χ2n) is 3.83. The molecule has 0 amide bonds. The zero-order valence-corrected chi connectivity index (χ0v) is 10.5. The molecule has 1 aromatic rings. The Morgan fingerprint density at radius 3 is 3.20 bits per heavy atom. The van der Waals surface area contributed by atoms with Crippen molar-refractivity contribution in [2.24, 2.45) is 0 Å². The van der Waals surface area contributed by atoms with E-state index in [9.17, 15) is 0 Å². The van der Waals surface area contributed by atoms with E-state index in [2.05, 4.69) is 46.4 Å². The molecule has 1 heterocycles. The minimum absolute atomic E-state index is 0.460. The van der Waals surface area contributed by atoms with Crippen LogP contribution < -0.4 is 10.1 Å². The lowest BCUT2D eigenvalue weighted by atomic mass is 10.0. The molecule has 1 N–H and O–H groups in total. The maximum atomic E-state index is 5.64. The van der Waals surface area contributed by atoms with Crippen molar-refractivity contribution < 1.29 is 4.74 Å². The summed E-state index contributed by atoms with van der Waals surface area (Å²) in [5.74, 6) is 1.02. The minimum Gasteiger partial charge on any atom is -0.493 e. The Kier molecular flexibility index (Phi) is 3.65. The van der Waals surface area contributed by atoms with E-state index in [4.69, 9.17) is 4.74 Å². The van der Waals surface area contributed by atoms with Gasteiger partial charge in [0.2, 0.25) is 0 Å². The first-order valence-electron chi connectivity index (χ1n) is 5.47. The van der Waals surface area contributed by atoms with Gasteiger partial charge in [0.15, 0.2) is 0 Å². The Labute approximate surface area is 99.1 Å². The van der Waals surface area contributed by atoms with Gasteiger partial charge in [-0.1, -0.05) is 28.9 Å². The fourth-order valence-corrected chi connectivity index (χ4v) is 2.23. The lowest BCUT2D eigenvalue weighted by Gasteiger charge is -2.26. The predicted octanol–water partition coefficient (Wildman–Crippen LogP) is 3.27. The second-order valence-corrected chi connectivity index (χ2v) is 4.74. The number of hydrogen-bond donors (Lipinski definition) is 1. The first kappa shape index (κ1) is 11.0. The molecule has 15 heavy (non-hydrogen) atoms. The van der Waals surface area contributed by atoms with Crippen molar-refractivity contribution >= 4 is 15.9 Å². The molecule has 1 aliphatic rings.